The maximum Gasteiger partial charge on any atom is 0.110 e. The number of nitrogens with one attached hydrogen (secondary N) is 1. The molecule has 104 valence electrons. The number of rotatable bonds is 3. The minimum absolute atomic E-state index is 0.119. The van der Waals surface area contributed by atoms with E-state index in [0.717, 1.165) is 12.8 Å². The Balaban J connectivity index is 2.04. The smallest absolute Gasteiger partial charge is 0.110 e. The number of hydroxylamine groups is 1. The van der Waals surface area contributed by atoms with Crippen molar-refractivity contribution in [1.29, 1.82) is 0 Å². The molecule has 2 N–H and O–H groups in total. The summed E-state index contributed by atoms with van der Waals surface area (Å²) in [5.41, 5.74) is 5.93. The van der Waals surface area contributed by atoms with E-state index in [-0.39, 0.29) is 11.6 Å². The first-order chi connectivity index (χ1) is 9.04. The zero-order chi connectivity index (χ0) is 13.6. The molecule has 3 rings (SSSR count). The number of benzene rings is 1. The minimum atomic E-state index is -0.444. The van der Waals surface area contributed by atoms with Crippen molar-refractivity contribution < 1.29 is 9.94 Å². The Morgan fingerprint density at radius 3 is 2.79 bits per heavy atom. The van der Waals surface area contributed by atoms with Gasteiger partial charge in [0.25, 0.3) is 0 Å². The molecule has 0 saturated carbocycles. The quantitative estimate of drug-likeness (QED) is 0.878. The first kappa shape index (κ1) is 13.1. The van der Waals surface area contributed by atoms with Crippen molar-refractivity contribution in [2.24, 2.45) is 11.8 Å². The lowest BCUT2D eigenvalue weighted by Gasteiger charge is -2.32. The molecule has 1 aromatic rings. The molecule has 0 spiro atoms. The van der Waals surface area contributed by atoms with Gasteiger partial charge in [-0.05, 0) is 36.8 Å². The van der Waals surface area contributed by atoms with E-state index in [1.165, 1.54) is 11.1 Å². The van der Waals surface area contributed by atoms with Crippen LogP contribution in [0.2, 0.25) is 0 Å². The standard InChI is InChI=1S/C16H23NO2/c1-10(2)9-16-13-7-5-4-6-12(13)8-14(16)15(11(3)18)19-17-16/h4-7,10-11,14-15,17-18H,8-9H2,1-3H3/t11-,14+,15+,16+/m1/s1. The van der Waals surface area contributed by atoms with Gasteiger partial charge in [-0.2, -0.15) is 5.48 Å². The molecule has 1 aromatic carbocycles. The van der Waals surface area contributed by atoms with Crippen LogP contribution < -0.4 is 5.48 Å². The number of aliphatic hydroxyl groups is 1. The van der Waals surface area contributed by atoms with Crippen LogP contribution in [0.4, 0.5) is 0 Å². The van der Waals surface area contributed by atoms with Gasteiger partial charge in [0.05, 0.1) is 11.6 Å². The van der Waals surface area contributed by atoms with Crippen LogP contribution in [0.5, 0.6) is 0 Å². The van der Waals surface area contributed by atoms with Gasteiger partial charge in [0.15, 0.2) is 0 Å². The fourth-order valence-electron chi connectivity index (χ4n) is 3.91. The SMILES string of the molecule is CC(C)C[C@@]12NO[C@@H]([C@@H](C)O)[C@@H]1Cc1ccccc12. The molecule has 0 amide bonds. The molecule has 1 aliphatic carbocycles. The Labute approximate surface area is 114 Å². The first-order valence-electron chi connectivity index (χ1n) is 7.24. The molecule has 19 heavy (non-hydrogen) atoms. The number of fused-ring (bicyclic) bond motifs is 3. The Hall–Kier alpha value is -0.900. The van der Waals surface area contributed by atoms with Crippen LogP contribution in [0.3, 0.4) is 0 Å². The third-order valence-electron chi connectivity index (χ3n) is 4.55. The highest BCUT2D eigenvalue weighted by atomic mass is 16.7. The zero-order valence-corrected chi connectivity index (χ0v) is 11.9. The average molecular weight is 261 g/mol. The summed E-state index contributed by atoms with van der Waals surface area (Å²) < 4.78 is 0. The van der Waals surface area contributed by atoms with Gasteiger partial charge in [0, 0.05) is 5.92 Å². The van der Waals surface area contributed by atoms with Crippen molar-refractivity contribution in [3.05, 3.63) is 35.4 Å². The van der Waals surface area contributed by atoms with Crippen molar-refractivity contribution in [2.45, 2.75) is 51.4 Å². The van der Waals surface area contributed by atoms with Gasteiger partial charge in [0.2, 0.25) is 0 Å². The minimum Gasteiger partial charge on any atom is -0.391 e. The van der Waals surface area contributed by atoms with Crippen LogP contribution in [0.15, 0.2) is 24.3 Å². The topological polar surface area (TPSA) is 41.5 Å². The lowest BCUT2D eigenvalue weighted by atomic mass is 9.75. The molecule has 4 atom stereocenters. The maximum atomic E-state index is 9.96. The second kappa shape index (κ2) is 4.58. The van der Waals surface area contributed by atoms with Crippen molar-refractivity contribution in [1.82, 2.24) is 5.48 Å². The lowest BCUT2D eigenvalue weighted by molar-refractivity contribution is -0.0539. The monoisotopic (exact) mass is 261 g/mol. The first-order valence-corrected chi connectivity index (χ1v) is 7.24. The molecular formula is C16H23NO2. The molecule has 1 saturated heterocycles. The molecule has 0 radical (unpaired) electrons. The van der Waals surface area contributed by atoms with E-state index in [1.807, 2.05) is 6.92 Å². The van der Waals surface area contributed by atoms with Gasteiger partial charge >= 0.3 is 0 Å². The van der Waals surface area contributed by atoms with Crippen LogP contribution in [-0.4, -0.2) is 17.3 Å². The summed E-state index contributed by atoms with van der Waals surface area (Å²) in [4.78, 5) is 5.74. The molecule has 1 aliphatic heterocycles. The van der Waals surface area contributed by atoms with Gasteiger partial charge in [-0.3, -0.25) is 4.84 Å². The van der Waals surface area contributed by atoms with Crippen molar-refractivity contribution in [3.63, 3.8) is 0 Å². The summed E-state index contributed by atoms with van der Waals surface area (Å²) in [6.45, 7) is 6.30. The van der Waals surface area contributed by atoms with E-state index in [9.17, 15) is 5.11 Å². The number of aliphatic hydroxyl groups excluding tert-OH is 1. The summed E-state index contributed by atoms with van der Waals surface area (Å²) in [6, 6.07) is 8.61. The molecule has 0 bridgehead atoms. The molecule has 3 heteroatoms. The highest BCUT2D eigenvalue weighted by Crippen LogP contribution is 2.51. The van der Waals surface area contributed by atoms with E-state index >= 15 is 0 Å². The summed E-state index contributed by atoms with van der Waals surface area (Å²) >= 11 is 0. The van der Waals surface area contributed by atoms with Crippen LogP contribution in [0.1, 0.15) is 38.3 Å². The van der Waals surface area contributed by atoms with E-state index in [0.29, 0.717) is 11.8 Å². The average Bonchev–Trinajstić information content (AvgIpc) is 2.82. The predicted molar refractivity (Wildman–Crippen MR) is 74.5 cm³/mol. The van der Waals surface area contributed by atoms with Crippen LogP contribution in [0.25, 0.3) is 0 Å². The molecule has 2 aliphatic rings. The fourth-order valence-corrected chi connectivity index (χ4v) is 3.91. The van der Waals surface area contributed by atoms with Gasteiger partial charge in [-0.15, -0.1) is 0 Å². The summed E-state index contributed by atoms with van der Waals surface area (Å²) in [7, 11) is 0. The largest absolute Gasteiger partial charge is 0.391 e. The van der Waals surface area contributed by atoms with E-state index in [4.69, 9.17) is 4.84 Å². The van der Waals surface area contributed by atoms with Gasteiger partial charge in [-0.25, -0.2) is 0 Å². The van der Waals surface area contributed by atoms with E-state index < -0.39 is 6.10 Å². The third kappa shape index (κ3) is 1.92. The maximum absolute atomic E-state index is 9.96. The van der Waals surface area contributed by atoms with Gasteiger partial charge in [0.1, 0.15) is 6.10 Å². The Bertz CT molecular complexity index is 472. The lowest BCUT2D eigenvalue weighted by Crippen LogP contribution is -2.41. The van der Waals surface area contributed by atoms with Crippen molar-refractivity contribution >= 4 is 0 Å². The third-order valence-corrected chi connectivity index (χ3v) is 4.55. The second-order valence-electron chi connectivity index (χ2n) is 6.46. The van der Waals surface area contributed by atoms with Crippen LogP contribution in [0, 0.1) is 11.8 Å². The number of hydrogen-bond acceptors (Lipinski definition) is 3. The number of hydrogen-bond donors (Lipinski definition) is 2. The van der Waals surface area contributed by atoms with Crippen LogP contribution >= 0.6 is 0 Å². The van der Waals surface area contributed by atoms with E-state index in [1.54, 1.807) is 0 Å². The highest BCUT2D eigenvalue weighted by molar-refractivity contribution is 5.41. The van der Waals surface area contributed by atoms with Gasteiger partial charge in [-0.1, -0.05) is 38.1 Å². The Kier molecular flexibility index (Phi) is 3.16. The highest BCUT2D eigenvalue weighted by Gasteiger charge is 2.56. The predicted octanol–water partition coefficient (Wildman–Crippen LogP) is 2.38. The fraction of sp³-hybridized carbons (Fsp3) is 0.625. The molecule has 0 unspecified atom stereocenters. The van der Waals surface area contributed by atoms with E-state index in [2.05, 4.69) is 43.6 Å². The normalized spacial score (nSPS) is 34.4. The molecular weight excluding hydrogens is 238 g/mol. The Morgan fingerprint density at radius 1 is 1.37 bits per heavy atom. The Morgan fingerprint density at radius 2 is 2.11 bits per heavy atom. The van der Waals surface area contributed by atoms with Crippen LogP contribution in [-0.2, 0) is 16.8 Å². The summed E-state index contributed by atoms with van der Waals surface area (Å²) in [5.74, 6) is 0.907. The summed E-state index contributed by atoms with van der Waals surface area (Å²) in [6.07, 6.45) is 1.47. The summed E-state index contributed by atoms with van der Waals surface area (Å²) in [5, 5.41) is 9.96. The van der Waals surface area contributed by atoms with Crippen molar-refractivity contribution in [3.8, 4) is 0 Å². The second-order valence-corrected chi connectivity index (χ2v) is 6.46. The zero-order valence-electron chi connectivity index (χ0n) is 11.9. The molecule has 0 aromatic heterocycles. The molecule has 1 heterocycles. The van der Waals surface area contributed by atoms with Gasteiger partial charge < -0.3 is 5.11 Å². The van der Waals surface area contributed by atoms with Crippen molar-refractivity contribution in [2.75, 3.05) is 0 Å². The molecule has 3 nitrogen and oxygen atoms in total. The molecule has 1 fully saturated rings.